The molecule has 0 radical (unpaired) electrons. The lowest BCUT2D eigenvalue weighted by Crippen LogP contribution is -2.43. The maximum Gasteiger partial charge on any atom is 0.307 e. The number of benzene rings is 2. The van der Waals surface area contributed by atoms with Crippen LogP contribution >= 0.6 is 34.8 Å². The number of ether oxygens (including phenoxy) is 1. The first-order valence-corrected chi connectivity index (χ1v) is 11.1. The van der Waals surface area contributed by atoms with Gasteiger partial charge in [0.15, 0.2) is 16.4 Å². The Labute approximate surface area is 187 Å². The summed E-state index contributed by atoms with van der Waals surface area (Å²) in [7, 11) is -3.89. The van der Waals surface area contributed by atoms with E-state index in [1.807, 2.05) is 0 Å². The van der Waals surface area contributed by atoms with Gasteiger partial charge in [0.25, 0.3) is 11.8 Å². The summed E-state index contributed by atoms with van der Waals surface area (Å²) in [5, 5.41) is 0.342. The molecule has 0 atom stereocenters. The van der Waals surface area contributed by atoms with Crippen LogP contribution in [0.4, 0.5) is 0 Å². The number of hydrogen-bond donors (Lipinski definition) is 2. The molecule has 30 heavy (non-hydrogen) atoms. The van der Waals surface area contributed by atoms with E-state index in [0.29, 0.717) is 0 Å². The van der Waals surface area contributed by atoms with Gasteiger partial charge in [-0.25, -0.2) is 8.42 Å². The fourth-order valence-electron chi connectivity index (χ4n) is 2.14. The predicted octanol–water partition coefficient (Wildman–Crippen LogP) is 2.82. The van der Waals surface area contributed by atoms with Crippen LogP contribution in [-0.4, -0.2) is 38.6 Å². The van der Waals surface area contributed by atoms with Crippen molar-refractivity contribution in [3.8, 4) is 0 Å². The van der Waals surface area contributed by atoms with Crippen molar-refractivity contribution in [1.29, 1.82) is 0 Å². The molecule has 2 aromatic carbocycles. The molecular weight excluding hydrogens is 479 g/mol. The summed E-state index contributed by atoms with van der Waals surface area (Å²) in [5.74, 6) is -3.00. The average molecular weight is 494 g/mol. The van der Waals surface area contributed by atoms with Crippen molar-refractivity contribution in [2.24, 2.45) is 0 Å². The van der Waals surface area contributed by atoms with Crippen LogP contribution in [0.25, 0.3) is 0 Å². The van der Waals surface area contributed by atoms with Gasteiger partial charge < -0.3 is 4.74 Å². The molecule has 0 aliphatic carbocycles. The maximum absolute atomic E-state index is 12.3. The van der Waals surface area contributed by atoms with Crippen LogP contribution in [0.3, 0.4) is 0 Å². The summed E-state index contributed by atoms with van der Waals surface area (Å²) in [6, 6.07) is 10.1. The third kappa shape index (κ3) is 6.88. The lowest BCUT2D eigenvalue weighted by molar-refractivity contribution is -0.148. The molecule has 0 fully saturated rings. The van der Waals surface area contributed by atoms with Gasteiger partial charge in [-0.2, -0.15) is 0 Å². The lowest BCUT2D eigenvalue weighted by atomic mass is 10.2. The largest absolute Gasteiger partial charge is 0.455 e. The summed E-state index contributed by atoms with van der Waals surface area (Å²) in [4.78, 5) is 35.1. The summed E-state index contributed by atoms with van der Waals surface area (Å²) < 4.78 is 29.3. The third-order valence-corrected chi connectivity index (χ3v) is 6.36. The Hall–Kier alpha value is -2.33. The number of amides is 2. The van der Waals surface area contributed by atoms with Gasteiger partial charge in [0.1, 0.15) is 0 Å². The molecule has 2 aromatic rings. The zero-order chi connectivity index (χ0) is 22.3. The number of halogens is 3. The van der Waals surface area contributed by atoms with E-state index >= 15 is 0 Å². The highest BCUT2D eigenvalue weighted by atomic mass is 35.5. The minimum absolute atomic E-state index is 0.0265. The molecular formula is C18H15Cl3N2O6S. The van der Waals surface area contributed by atoms with E-state index in [-0.39, 0.29) is 25.5 Å². The van der Waals surface area contributed by atoms with Crippen molar-refractivity contribution >= 4 is 62.4 Å². The Bertz CT molecular complexity index is 1080. The Kier molecular flexibility index (Phi) is 8.48. The van der Waals surface area contributed by atoms with E-state index in [1.54, 1.807) is 12.1 Å². The van der Waals surface area contributed by atoms with Gasteiger partial charge in [0.2, 0.25) is 0 Å². The van der Waals surface area contributed by atoms with Crippen LogP contribution in [0.2, 0.25) is 15.1 Å². The van der Waals surface area contributed by atoms with Crippen LogP contribution in [0.15, 0.2) is 47.4 Å². The molecule has 0 heterocycles. The number of esters is 1. The summed E-state index contributed by atoms with van der Waals surface area (Å²) in [6.07, 6.45) is -0.509. The second kappa shape index (κ2) is 10.6. The Morgan fingerprint density at radius 2 is 1.63 bits per heavy atom. The third-order valence-electron chi connectivity index (χ3n) is 3.60. The average Bonchev–Trinajstić information content (AvgIpc) is 2.71. The minimum atomic E-state index is -3.89. The van der Waals surface area contributed by atoms with Crippen molar-refractivity contribution in [3.63, 3.8) is 0 Å². The SMILES string of the molecule is O=C(COC(=O)CCS(=O)(=O)c1cc(Cl)ccc1Cl)NNC(=O)c1ccccc1Cl. The molecule has 160 valence electrons. The van der Waals surface area contributed by atoms with Gasteiger partial charge in [-0.1, -0.05) is 46.9 Å². The smallest absolute Gasteiger partial charge is 0.307 e. The number of hydrogen-bond acceptors (Lipinski definition) is 6. The molecule has 8 nitrogen and oxygen atoms in total. The molecule has 0 aromatic heterocycles. The molecule has 2 N–H and O–H groups in total. The molecule has 0 bridgehead atoms. The first kappa shape index (κ1) is 23.9. The van der Waals surface area contributed by atoms with E-state index in [4.69, 9.17) is 39.5 Å². The van der Waals surface area contributed by atoms with Gasteiger partial charge in [-0.3, -0.25) is 25.2 Å². The number of sulfone groups is 1. The van der Waals surface area contributed by atoms with Crippen molar-refractivity contribution in [2.45, 2.75) is 11.3 Å². The topological polar surface area (TPSA) is 119 Å². The van der Waals surface area contributed by atoms with Gasteiger partial charge in [0, 0.05) is 5.02 Å². The summed E-state index contributed by atoms with van der Waals surface area (Å²) >= 11 is 17.5. The molecule has 0 aliphatic heterocycles. The van der Waals surface area contributed by atoms with Crippen LogP contribution < -0.4 is 10.9 Å². The first-order valence-electron chi connectivity index (χ1n) is 8.27. The zero-order valence-corrected chi connectivity index (χ0v) is 18.2. The fourth-order valence-corrected chi connectivity index (χ4v) is 4.39. The van der Waals surface area contributed by atoms with E-state index < -0.39 is 46.4 Å². The van der Waals surface area contributed by atoms with Crippen LogP contribution in [0.1, 0.15) is 16.8 Å². The molecule has 0 saturated heterocycles. The second-order valence-electron chi connectivity index (χ2n) is 5.79. The van der Waals surface area contributed by atoms with Crippen molar-refractivity contribution in [1.82, 2.24) is 10.9 Å². The van der Waals surface area contributed by atoms with Gasteiger partial charge in [-0.05, 0) is 30.3 Å². The number of carbonyl (C=O) groups excluding carboxylic acids is 3. The maximum atomic E-state index is 12.3. The van der Waals surface area contributed by atoms with Crippen molar-refractivity contribution in [2.75, 3.05) is 12.4 Å². The molecule has 2 rings (SSSR count). The highest BCUT2D eigenvalue weighted by Crippen LogP contribution is 2.26. The highest BCUT2D eigenvalue weighted by molar-refractivity contribution is 7.91. The quantitative estimate of drug-likeness (QED) is 0.452. The molecule has 2 amide bonds. The molecule has 0 unspecified atom stereocenters. The van der Waals surface area contributed by atoms with E-state index in [2.05, 4.69) is 10.9 Å². The van der Waals surface area contributed by atoms with E-state index in [9.17, 15) is 22.8 Å². The second-order valence-corrected chi connectivity index (χ2v) is 9.11. The van der Waals surface area contributed by atoms with Crippen LogP contribution in [0.5, 0.6) is 0 Å². The summed E-state index contributed by atoms with van der Waals surface area (Å²) in [5.41, 5.74) is 4.31. The monoisotopic (exact) mass is 492 g/mol. The predicted molar refractivity (Wildman–Crippen MR) is 111 cm³/mol. The molecule has 12 heteroatoms. The number of hydrazine groups is 1. The number of carbonyl (C=O) groups is 3. The summed E-state index contributed by atoms with van der Waals surface area (Å²) in [6.45, 7) is -0.723. The zero-order valence-electron chi connectivity index (χ0n) is 15.2. The van der Waals surface area contributed by atoms with Gasteiger partial charge in [0.05, 0.1) is 32.7 Å². The minimum Gasteiger partial charge on any atom is -0.455 e. The Morgan fingerprint density at radius 3 is 2.33 bits per heavy atom. The normalized spacial score (nSPS) is 10.9. The first-order chi connectivity index (χ1) is 14.1. The van der Waals surface area contributed by atoms with Gasteiger partial charge in [-0.15, -0.1) is 0 Å². The van der Waals surface area contributed by atoms with Gasteiger partial charge >= 0.3 is 5.97 Å². The van der Waals surface area contributed by atoms with Crippen molar-refractivity contribution in [3.05, 3.63) is 63.1 Å². The highest BCUT2D eigenvalue weighted by Gasteiger charge is 2.21. The Morgan fingerprint density at radius 1 is 0.933 bits per heavy atom. The van der Waals surface area contributed by atoms with Crippen LogP contribution in [0, 0.1) is 0 Å². The molecule has 0 spiro atoms. The fraction of sp³-hybridized carbons (Fsp3) is 0.167. The van der Waals surface area contributed by atoms with Crippen molar-refractivity contribution < 1.29 is 27.5 Å². The Balaban J connectivity index is 1.79. The standard InChI is InChI=1S/C18H15Cl3N2O6S/c19-11-5-6-14(21)15(9-11)30(27,28)8-7-17(25)29-10-16(24)22-23-18(26)12-3-1-2-4-13(12)20/h1-6,9H,7-8,10H2,(H,22,24)(H,23,26). The van der Waals surface area contributed by atoms with E-state index in [1.165, 1.54) is 30.3 Å². The van der Waals surface area contributed by atoms with Crippen LogP contribution in [-0.2, 0) is 24.2 Å². The molecule has 0 saturated carbocycles. The van der Waals surface area contributed by atoms with E-state index in [0.717, 1.165) is 0 Å². The number of nitrogens with one attached hydrogen (secondary N) is 2. The molecule has 0 aliphatic rings. The number of rotatable bonds is 7. The lowest BCUT2D eigenvalue weighted by Gasteiger charge is -2.09.